The van der Waals surface area contributed by atoms with Crippen molar-refractivity contribution in [3.8, 4) is 0 Å². The molecule has 0 aromatic heterocycles. The van der Waals surface area contributed by atoms with Crippen LogP contribution in [0, 0.1) is 23.7 Å². The van der Waals surface area contributed by atoms with E-state index in [1.807, 2.05) is 0 Å². The van der Waals surface area contributed by atoms with E-state index in [1.54, 1.807) is 18.7 Å². The first kappa shape index (κ1) is 24.9. The summed E-state index contributed by atoms with van der Waals surface area (Å²) in [5.74, 6) is 1.74. The van der Waals surface area contributed by atoms with E-state index in [-0.39, 0.29) is 5.92 Å². The maximum absolute atomic E-state index is 11.5. The van der Waals surface area contributed by atoms with Gasteiger partial charge in [0.1, 0.15) is 0 Å². The fourth-order valence-corrected chi connectivity index (χ4v) is 6.69. The number of carbonyl (C=O) groups excluding carboxylic acids is 1. The van der Waals surface area contributed by atoms with Gasteiger partial charge in [0.25, 0.3) is 0 Å². The van der Waals surface area contributed by atoms with Crippen molar-refractivity contribution in [2.24, 2.45) is 29.4 Å². The average Bonchev–Trinajstić information content (AvgIpc) is 2.65. The second-order valence-electron chi connectivity index (χ2n) is 9.40. The highest BCUT2D eigenvalue weighted by Gasteiger charge is 2.48. The van der Waals surface area contributed by atoms with Crippen molar-refractivity contribution in [3.63, 3.8) is 0 Å². The average molecular weight is 446 g/mol. The molecule has 0 aromatic carbocycles. The van der Waals surface area contributed by atoms with Gasteiger partial charge in [0.15, 0.2) is 0 Å². The number of hydrogen-bond donors (Lipinski definition) is 3. The van der Waals surface area contributed by atoms with E-state index < -0.39 is 18.0 Å². The normalized spacial score (nSPS) is 31.7. The molecule has 4 rings (SSSR count). The largest absolute Gasteiger partial charge is 0.478 e. The Bertz CT molecular complexity index is 518. The van der Waals surface area contributed by atoms with Crippen LogP contribution in [0.2, 0.25) is 0 Å². The van der Waals surface area contributed by atoms with Crippen LogP contribution < -0.4 is 5.73 Å². The minimum Gasteiger partial charge on any atom is -0.478 e. The predicted molar refractivity (Wildman–Crippen MR) is 122 cm³/mol. The minimum absolute atomic E-state index is 0.298. The van der Waals surface area contributed by atoms with Crippen LogP contribution in [0.5, 0.6) is 0 Å². The molecule has 0 unspecified atom stereocenters. The fourth-order valence-electron chi connectivity index (χ4n) is 5.41. The van der Waals surface area contributed by atoms with Crippen molar-refractivity contribution in [2.45, 2.75) is 89.0 Å². The monoisotopic (exact) mass is 445 g/mol. The van der Waals surface area contributed by atoms with E-state index in [4.69, 9.17) is 15.6 Å². The topological polar surface area (TPSA) is 89.6 Å². The number of rotatable bonds is 9. The van der Waals surface area contributed by atoms with Crippen LogP contribution in [0.3, 0.4) is 0 Å². The molecule has 4 aliphatic carbocycles. The third-order valence-electron chi connectivity index (χ3n) is 6.69. The molecule has 0 amide bonds. The van der Waals surface area contributed by atoms with E-state index in [2.05, 4.69) is 26.5 Å². The number of carbonyl (C=O) groups is 2. The van der Waals surface area contributed by atoms with Gasteiger partial charge in [-0.05, 0) is 69.1 Å². The summed E-state index contributed by atoms with van der Waals surface area (Å²) in [5.41, 5.74) is 6.62. The molecule has 5 nitrogen and oxygen atoms in total. The lowest BCUT2D eigenvalue weighted by molar-refractivity contribution is -0.164. The summed E-state index contributed by atoms with van der Waals surface area (Å²) in [5, 5.41) is 9.44. The quantitative estimate of drug-likeness (QED) is 0.360. The molecule has 2 atom stereocenters. The second kappa shape index (κ2) is 11.3. The molecular formula is C22H39NO4S2. The lowest BCUT2D eigenvalue weighted by Crippen LogP contribution is -2.55. The summed E-state index contributed by atoms with van der Waals surface area (Å²) in [6, 6.07) is 0. The highest BCUT2D eigenvalue weighted by Crippen LogP contribution is 2.54. The Morgan fingerprint density at radius 2 is 1.62 bits per heavy atom. The molecule has 3 N–H and O–H groups in total. The van der Waals surface area contributed by atoms with Crippen LogP contribution in [0.15, 0.2) is 0 Å². The van der Waals surface area contributed by atoms with Gasteiger partial charge in [-0.3, -0.25) is 4.79 Å². The minimum atomic E-state index is -1.09. The maximum Gasteiger partial charge on any atom is 0.345 e. The fraction of sp³-hybridized carbons (Fsp3) is 0.909. The zero-order chi connectivity index (χ0) is 21.6. The summed E-state index contributed by atoms with van der Waals surface area (Å²) in [7, 11) is 0. The molecule has 0 heterocycles. The lowest BCUT2D eigenvalue weighted by Gasteiger charge is -2.55. The van der Waals surface area contributed by atoms with Gasteiger partial charge in [0, 0.05) is 22.3 Å². The SMILES string of the molecule is CCC(CC)SC[C@H](OC(=O)[C@H](C)CS)C(=O)O.NC12CC3CC(CC(C3)C1)C2. The number of thiol groups is 1. The molecule has 4 saturated carbocycles. The number of carboxylic acids is 1. The molecule has 168 valence electrons. The molecule has 4 fully saturated rings. The van der Waals surface area contributed by atoms with E-state index in [1.165, 1.54) is 38.5 Å². The van der Waals surface area contributed by atoms with Gasteiger partial charge in [-0.25, -0.2) is 4.79 Å². The van der Waals surface area contributed by atoms with Crippen LogP contribution >= 0.6 is 24.4 Å². The molecule has 29 heavy (non-hydrogen) atoms. The van der Waals surface area contributed by atoms with Crippen LogP contribution in [0.1, 0.15) is 72.1 Å². The predicted octanol–water partition coefficient (Wildman–Crippen LogP) is 4.38. The molecule has 0 radical (unpaired) electrons. The van der Waals surface area contributed by atoms with Gasteiger partial charge < -0.3 is 15.6 Å². The number of esters is 1. The van der Waals surface area contributed by atoms with E-state index in [0.717, 1.165) is 30.6 Å². The molecule has 0 spiro atoms. The van der Waals surface area contributed by atoms with E-state index in [0.29, 0.717) is 22.3 Å². The third-order valence-corrected chi connectivity index (χ3v) is 8.87. The number of aliphatic carboxylic acids is 1. The Balaban J connectivity index is 0.000000227. The van der Waals surface area contributed by atoms with Gasteiger partial charge in [-0.1, -0.05) is 20.8 Å². The number of nitrogens with two attached hydrogens (primary N) is 1. The summed E-state index contributed by atoms with van der Waals surface area (Å²) in [4.78, 5) is 22.6. The van der Waals surface area contributed by atoms with Gasteiger partial charge >= 0.3 is 11.9 Å². The van der Waals surface area contributed by atoms with Gasteiger partial charge in [0.05, 0.1) is 5.92 Å². The Morgan fingerprint density at radius 3 is 1.97 bits per heavy atom. The first-order chi connectivity index (χ1) is 13.7. The Kier molecular flexibility index (Phi) is 9.68. The summed E-state index contributed by atoms with van der Waals surface area (Å²) >= 11 is 5.53. The van der Waals surface area contributed by atoms with Crippen LogP contribution in [0.4, 0.5) is 0 Å². The zero-order valence-electron chi connectivity index (χ0n) is 18.1. The first-order valence-electron chi connectivity index (χ1n) is 11.1. The number of hydrogen-bond acceptors (Lipinski definition) is 6. The standard InChI is InChI=1S/C12H22O4S2.C10H17N/c1-4-9(5-2)18-7-10(11(13)14)16-12(15)8(3)6-17;11-10-4-7-1-8(5-10)3-9(2-7)6-10/h8-10,17H,4-7H2,1-3H3,(H,13,14);7-9H,1-6,11H2/t8-,10+;/m1./s1. The second-order valence-corrected chi connectivity index (χ2v) is 11.1. The van der Waals surface area contributed by atoms with Crippen molar-refractivity contribution >= 4 is 36.3 Å². The van der Waals surface area contributed by atoms with Crippen molar-refractivity contribution in [2.75, 3.05) is 11.5 Å². The summed E-state index contributed by atoms with van der Waals surface area (Å²) < 4.78 is 5.00. The molecule has 0 saturated heterocycles. The van der Waals surface area contributed by atoms with Crippen LogP contribution in [-0.4, -0.2) is 45.4 Å². The van der Waals surface area contributed by atoms with Crippen molar-refractivity contribution in [1.29, 1.82) is 0 Å². The Labute approximate surface area is 185 Å². The summed E-state index contributed by atoms with van der Waals surface area (Å²) in [6.45, 7) is 5.79. The number of thioether (sulfide) groups is 1. The smallest absolute Gasteiger partial charge is 0.345 e. The third kappa shape index (κ3) is 7.35. The van der Waals surface area contributed by atoms with Crippen molar-refractivity contribution in [1.82, 2.24) is 0 Å². The number of carboxylic acid groups (broad SMARTS) is 1. The zero-order valence-corrected chi connectivity index (χ0v) is 19.9. The first-order valence-corrected chi connectivity index (χ1v) is 12.8. The molecular weight excluding hydrogens is 406 g/mol. The molecule has 4 aliphatic rings. The number of ether oxygens (including phenoxy) is 1. The van der Waals surface area contributed by atoms with Crippen molar-refractivity contribution < 1.29 is 19.4 Å². The lowest BCUT2D eigenvalue weighted by atomic mass is 9.53. The van der Waals surface area contributed by atoms with Gasteiger partial charge in [0.2, 0.25) is 6.10 Å². The molecule has 0 aromatic rings. The van der Waals surface area contributed by atoms with Crippen molar-refractivity contribution in [3.05, 3.63) is 0 Å². The summed E-state index contributed by atoms with van der Waals surface area (Å²) in [6.07, 6.45) is 9.47. The van der Waals surface area contributed by atoms with Gasteiger partial charge in [-0.15, -0.1) is 0 Å². The molecule has 4 bridgehead atoms. The highest BCUT2D eigenvalue weighted by atomic mass is 32.2. The van der Waals surface area contributed by atoms with Crippen LogP contribution in [-0.2, 0) is 14.3 Å². The van der Waals surface area contributed by atoms with Gasteiger partial charge in [-0.2, -0.15) is 24.4 Å². The Hall–Kier alpha value is -0.400. The van der Waals surface area contributed by atoms with Crippen LogP contribution in [0.25, 0.3) is 0 Å². The maximum atomic E-state index is 11.5. The van der Waals surface area contributed by atoms with E-state index >= 15 is 0 Å². The highest BCUT2D eigenvalue weighted by molar-refractivity contribution is 7.99. The molecule has 7 heteroatoms. The van der Waals surface area contributed by atoms with E-state index in [9.17, 15) is 9.59 Å². The Morgan fingerprint density at radius 1 is 1.14 bits per heavy atom. The molecule has 0 aliphatic heterocycles.